The number of nitrogens with zero attached hydrogens (tertiary/aromatic N) is 3. The van der Waals surface area contributed by atoms with Crippen molar-refractivity contribution in [1.82, 2.24) is 15.1 Å². The van der Waals surface area contributed by atoms with Gasteiger partial charge in [-0.15, -0.1) is 22.6 Å². The fourth-order valence-electron chi connectivity index (χ4n) is 3.84. The number of aromatic nitrogens is 2. The molecule has 1 aliphatic rings. The minimum Gasteiger partial charge on any atom is -0.421 e. The van der Waals surface area contributed by atoms with Crippen molar-refractivity contribution in [3.05, 3.63) is 70.6 Å². The summed E-state index contributed by atoms with van der Waals surface area (Å²) in [6.45, 7) is -0.0661. The van der Waals surface area contributed by atoms with Gasteiger partial charge in [-0.25, -0.2) is 0 Å². The van der Waals surface area contributed by atoms with E-state index in [-0.39, 0.29) is 56.0 Å². The van der Waals surface area contributed by atoms with Gasteiger partial charge < -0.3 is 9.15 Å². The van der Waals surface area contributed by atoms with Crippen LogP contribution in [0.3, 0.4) is 0 Å². The molecule has 4 rings (SSSR count). The van der Waals surface area contributed by atoms with Crippen molar-refractivity contribution in [1.29, 1.82) is 0 Å². The molecule has 1 fully saturated rings. The molecule has 0 bridgehead atoms. The van der Waals surface area contributed by atoms with Crippen molar-refractivity contribution in [2.45, 2.75) is 24.9 Å². The molecule has 2 heterocycles. The van der Waals surface area contributed by atoms with Gasteiger partial charge in [-0.2, -0.15) is 26.3 Å². The Bertz CT molecular complexity index is 1140. The number of morpholine rings is 1. The maximum atomic E-state index is 13.9. The van der Waals surface area contributed by atoms with E-state index in [1.807, 2.05) is 0 Å². The summed E-state index contributed by atoms with van der Waals surface area (Å²) in [6, 6.07) is 11.1. The smallest absolute Gasteiger partial charge is 0.416 e. The lowest BCUT2D eigenvalue weighted by Gasteiger charge is -2.35. The monoisotopic (exact) mass is 555 g/mol. The maximum Gasteiger partial charge on any atom is 0.416 e. The van der Waals surface area contributed by atoms with E-state index in [1.54, 1.807) is 24.3 Å². The van der Waals surface area contributed by atoms with Crippen LogP contribution in [0.5, 0.6) is 0 Å². The van der Waals surface area contributed by atoms with E-state index in [9.17, 15) is 26.3 Å². The molecule has 5 nitrogen and oxygen atoms in total. The minimum atomic E-state index is -4.56. The largest absolute Gasteiger partial charge is 0.421 e. The average molecular weight is 556 g/mol. The van der Waals surface area contributed by atoms with Crippen LogP contribution in [0.2, 0.25) is 5.02 Å². The van der Waals surface area contributed by atoms with Crippen molar-refractivity contribution in [3.8, 4) is 11.5 Å². The Hall–Kier alpha value is -2.34. The van der Waals surface area contributed by atoms with Gasteiger partial charge in [-0.05, 0) is 42.0 Å². The first-order chi connectivity index (χ1) is 16.5. The van der Waals surface area contributed by atoms with Gasteiger partial charge in [0.25, 0.3) is 0 Å². The Balaban J connectivity index is 0.00000361. The molecule has 0 saturated carbocycles. The van der Waals surface area contributed by atoms with Gasteiger partial charge in [-0.1, -0.05) is 23.7 Å². The molecule has 2 aromatic carbocycles. The first-order valence-electron chi connectivity index (χ1n) is 10.6. The fourth-order valence-corrected chi connectivity index (χ4v) is 3.96. The van der Waals surface area contributed by atoms with E-state index in [1.165, 1.54) is 17.0 Å². The minimum absolute atomic E-state index is 0. The lowest BCUT2D eigenvalue weighted by atomic mass is 10.0. The number of hydrogen-bond acceptors (Lipinski definition) is 5. The van der Waals surface area contributed by atoms with E-state index in [0.29, 0.717) is 10.6 Å². The molecule has 0 amide bonds. The maximum absolute atomic E-state index is 13.9. The van der Waals surface area contributed by atoms with Crippen molar-refractivity contribution < 1.29 is 35.5 Å². The van der Waals surface area contributed by atoms with Gasteiger partial charge in [0.2, 0.25) is 11.8 Å². The van der Waals surface area contributed by atoms with Crippen LogP contribution in [0.1, 0.15) is 23.1 Å². The fraction of sp³-hybridized carbons (Fsp3) is 0.391. The SMILES string of the molecule is Cl.FC(F)(F)c1cccc(C2CN(CC(Cc3nnc(-c4ccc(Cl)cc4)o3)C(F)(F)F)CCO2)c1. The average Bonchev–Trinajstić information content (AvgIpc) is 3.27. The molecule has 1 aliphatic heterocycles. The Morgan fingerprint density at radius 3 is 2.42 bits per heavy atom. The molecule has 36 heavy (non-hydrogen) atoms. The number of rotatable bonds is 6. The van der Waals surface area contributed by atoms with Crippen LogP contribution in [0.4, 0.5) is 26.3 Å². The molecule has 0 aliphatic carbocycles. The van der Waals surface area contributed by atoms with Crippen LogP contribution in [0, 0.1) is 5.92 Å². The van der Waals surface area contributed by atoms with Gasteiger partial charge in [0.05, 0.1) is 24.2 Å². The number of halogens is 8. The summed E-state index contributed by atoms with van der Waals surface area (Å²) >= 11 is 5.84. The lowest BCUT2D eigenvalue weighted by Crippen LogP contribution is -2.44. The molecule has 0 spiro atoms. The van der Waals surface area contributed by atoms with E-state index in [4.69, 9.17) is 20.8 Å². The van der Waals surface area contributed by atoms with Crippen LogP contribution in [0.25, 0.3) is 11.5 Å². The van der Waals surface area contributed by atoms with Crippen molar-refractivity contribution in [3.63, 3.8) is 0 Å². The highest BCUT2D eigenvalue weighted by molar-refractivity contribution is 6.30. The Kier molecular flexibility index (Phi) is 8.92. The summed E-state index contributed by atoms with van der Waals surface area (Å²) in [4.78, 5) is 1.53. The standard InChI is InChI=1S/C23H20ClF6N3O2.ClH/c24-18-6-4-14(5-7-18)21-32-31-20(35-21)11-17(23(28,29)30)12-33-8-9-34-19(13-33)15-2-1-3-16(10-15)22(25,26)27;/h1-7,10,17,19H,8-9,11-13H2;1H. The quantitative estimate of drug-likeness (QED) is 0.320. The molecule has 196 valence electrons. The Morgan fingerprint density at radius 1 is 1.03 bits per heavy atom. The van der Waals surface area contributed by atoms with Gasteiger partial charge in [0.15, 0.2) is 0 Å². The van der Waals surface area contributed by atoms with E-state index in [2.05, 4.69) is 10.2 Å². The molecule has 2 atom stereocenters. The van der Waals surface area contributed by atoms with Gasteiger partial charge in [-0.3, -0.25) is 4.90 Å². The number of alkyl halides is 6. The normalized spacial score (nSPS) is 18.0. The third-order valence-electron chi connectivity index (χ3n) is 5.66. The van der Waals surface area contributed by atoms with Crippen LogP contribution in [-0.4, -0.2) is 47.5 Å². The number of hydrogen-bond donors (Lipinski definition) is 0. The third kappa shape index (κ3) is 7.12. The van der Waals surface area contributed by atoms with Crippen LogP contribution >= 0.6 is 24.0 Å². The zero-order chi connectivity index (χ0) is 25.2. The second-order valence-corrected chi connectivity index (χ2v) is 8.63. The van der Waals surface area contributed by atoms with Gasteiger partial charge >= 0.3 is 12.4 Å². The van der Waals surface area contributed by atoms with Crippen molar-refractivity contribution >= 4 is 24.0 Å². The second kappa shape index (κ2) is 11.4. The summed E-state index contributed by atoms with van der Waals surface area (Å²) in [5.74, 6) is -1.91. The van der Waals surface area contributed by atoms with E-state index in [0.717, 1.165) is 12.1 Å². The van der Waals surface area contributed by atoms with Gasteiger partial charge in [0, 0.05) is 36.6 Å². The molecular weight excluding hydrogens is 535 g/mol. The predicted molar refractivity (Wildman–Crippen MR) is 122 cm³/mol. The summed E-state index contributed by atoms with van der Waals surface area (Å²) in [6.07, 6.45) is -10.4. The molecule has 2 unspecified atom stereocenters. The first kappa shape index (κ1) is 28.2. The zero-order valence-electron chi connectivity index (χ0n) is 18.5. The molecule has 3 aromatic rings. The molecule has 1 aromatic heterocycles. The molecular formula is C23H21Cl2F6N3O2. The highest BCUT2D eigenvalue weighted by Gasteiger charge is 2.42. The highest BCUT2D eigenvalue weighted by Crippen LogP contribution is 2.34. The predicted octanol–water partition coefficient (Wildman–Crippen LogP) is 6.63. The molecule has 1 saturated heterocycles. The Morgan fingerprint density at radius 2 is 1.75 bits per heavy atom. The van der Waals surface area contributed by atoms with Crippen molar-refractivity contribution in [2.75, 3.05) is 26.2 Å². The molecule has 13 heteroatoms. The topological polar surface area (TPSA) is 51.4 Å². The van der Waals surface area contributed by atoms with E-state index < -0.39 is 36.4 Å². The highest BCUT2D eigenvalue weighted by atomic mass is 35.5. The summed E-state index contributed by atoms with van der Waals surface area (Å²) in [7, 11) is 0. The Labute approximate surface area is 213 Å². The van der Waals surface area contributed by atoms with Crippen LogP contribution < -0.4 is 0 Å². The molecule has 0 radical (unpaired) electrons. The third-order valence-corrected chi connectivity index (χ3v) is 5.91. The lowest BCUT2D eigenvalue weighted by molar-refractivity contribution is -0.183. The zero-order valence-corrected chi connectivity index (χ0v) is 20.1. The number of benzene rings is 2. The van der Waals surface area contributed by atoms with Crippen molar-refractivity contribution in [2.24, 2.45) is 5.92 Å². The number of ether oxygens (including phenoxy) is 1. The van der Waals surface area contributed by atoms with Crippen LogP contribution in [-0.2, 0) is 17.3 Å². The molecule has 0 N–H and O–H groups in total. The van der Waals surface area contributed by atoms with Gasteiger partial charge in [0.1, 0.15) is 0 Å². The summed E-state index contributed by atoms with van der Waals surface area (Å²) < 4.78 is 91.7. The van der Waals surface area contributed by atoms with E-state index >= 15 is 0 Å². The second-order valence-electron chi connectivity index (χ2n) is 8.19. The summed E-state index contributed by atoms with van der Waals surface area (Å²) in [5.41, 5.74) is -0.0526. The first-order valence-corrected chi connectivity index (χ1v) is 11.0. The van der Waals surface area contributed by atoms with Crippen LogP contribution in [0.15, 0.2) is 52.9 Å². The summed E-state index contributed by atoms with van der Waals surface area (Å²) in [5, 5.41) is 8.07.